The maximum atomic E-state index is 13.2. The summed E-state index contributed by atoms with van der Waals surface area (Å²) in [6.07, 6.45) is 3.25. The third kappa shape index (κ3) is 3.63. The number of carbonyl (C=O) groups is 2. The molecule has 0 bridgehead atoms. The van der Waals surface area contributed by atoms with Crippen LogP contribution in [0, 0.1) is 13.8 Å². The highest BCUT2D eigenvalue weighted by Gasteiger charge is 2.44. The van der Waals surface area contributed by atoms with Gasteiger partial charge in [-0.05, 0) is 39.6 Å². The van der Waals surface area contributed by atoms with E-state index in [2.05, 4.69) is 9.97 Å². The third-order valence-electron chi connectivity index (χ3n) is 4.45. The third-order valence-corrected chi connectivity index (χ3v) is 5.52. The largest absolute Gasteiger partial charge is 0.503 e. The SMILES string of the molecule is Cc1nc(C)c(C(=O)C2=C(O)C(=O)N(CCN(C)C)[C@H]2c2cccnc2)s1. The van der Waals surface area contributed by atoms with E-state index >= 15 is 0 Å². The molecule has 2 aromatic heterocycles. The van der Waals surface area contributed by atoms with Crippen molar-refractivity contribution in [1.82, 2.24) is 19.8 Å². The predicted octanol–water partition coefficient (Wildman–Crippen LogP) is 2.29. The van der Waals surface area contributed by atoms with Gasteiger partial charge in [-0.2, -0.15) is 0 Å². The number of aryl methyl sites for hydroxylation is 2. The molecule has 1 amide bonds. The Balaban J connectivity index is 2.07. The van der Waals surface area contributed by atoms with Crippen LogP contribution in [0.25, 0.3) is 0 Å². The van der Waals surface area contributed by atoms with E-state index in [1.165, 1.54) is 16.2 Å². The number of amides is 1. The minimum Gasteiger partial charge on any atom is -0.503 e. The van der Waals surface area contributed by atoms with Crippen molar-refractivity contribution in [3.8, 4) is 0 Å². The first-order valence-electron chi connectivity index (χ1n) is 8.58. The van der Waals surface area contributed by atoms with Gasteiger partial charge in [0, 0.05) is 25.5 Å². The number of hydrogen-bond donors (Lipinski definition) is 1. The van der Waals surface area contributed by atoms with Crippen LogP contribution in [0.2, 0.25) is 0 Å². The van der Waals surface area contributed by atoms with Crippen LogP contribution < -0.4 is 0 Å². The van der Waals surface area contributed by atoms with Crippen LogP contribution >= 0.6 is 11.3 Å². The lowest BCUT2D eigenvalue weighted by molar-refractivity contribution is -0.129. The van der Waals surface area contributed by atoms with Crippen molar-refractivity contribution in [2.24, 2.45) is 0 Å². The van der Waals surface area contributed by atoms with E-state index in [0.29, 0.717) is 29.2 Å². The molecular formula is C19H22N4O3S. The fourth-order valence-electron chi connectivity index (χ4n) is 3.17. The number of carbonyl (C=O) groups excluding carboxylic acids is 2. The Labute approximate surface area is 162 Å². The van der Waals surface area contributed by atoms with Crippen LogP contribution in [0.5, 0.6) is 0 Å². The summed E-state index contributed by atoms with van der Waals surface area (Å²) in [5, 5.41) is 11.3. The van der Waals surface area contributed by atoms with Gasteiger partial charge < -0.3 is 14.9 Å². The highest BCUT2D eigenvalue weighted by molar-refractivity contribution is 7.14. The Bertz CT molecular complexity index is 905. The van der Waals surface area contributed by atoms with Gasteiger partial charge in [0.15, 0.2) is 5.76 Å². The molecule has 0 aliphatic carbocycles. The molecule has 1 atom stereocenters. The lowest BCUT2D eigenvalue weighted by Gasteiger charge is -2.27. The van der Waals surface area contributed by atoms with E-state index in [4.69, 9.17) is 0 Å². The van der Waals surface area contributed by atoms with Gasteiger partial charge in [-0.15, -0.1) is 11.3 Å². The molecule has 0 radical (unpaired) electrons. The Morgan fingerprint density at radius 1 is 1.37 bits per heavy atom. The van der Waals surface area contributed by atoms with Crippen LogP contribution in [0.1, 0.15) is 32.0 Å². The Hall–Kier alpha value is -2.58. The molecule has 3 heterocycles. The van der Waals surface area contributed by atoms with E-state index in [1.54, 1.807) is 25.4 Å². The van der Waals surface area contributed by atoms with Crippen LogP contribution in [-0.4, -0.2) is 63.7 Å². The number of aromatic nitrogens is 2. The van der Waals surface area contributed by atoms with Crippen molar-refractivity contribution in [2.45, 2.75) is 19.9 Å². The Morgan fingerprint density at radius 3 is 2.67 bits per heavy atom. The molecule has 0 aromatic carbocycles. The molecule has 3 rings (SSSR count). The normalized spacial score (nSPS) is 17.3. The molecule has 8 heteroatoms. The molecule has 0 saturated carbocycles. The quantitative estimate of drug-likeness (QED) is 0.767. The fourth-order valence-corrected chi connectivity index (χ4v) is 4.05. The Morgan fingerprint density at radius 2 is 2.11 bits per heavy atom. The average molecular weight is 386 g/mol. The van der Waals surface area contributed by atoms with Gasteiger partial charge >= 0.3 is 0 Å². The van der Waals surface area contributed by atoms with Gasteiger partial charge in [-0.3, -0.25) is 14.6 Å². The molecule has 0 saturated heterocycles. The zero-order valence-corrected chi connectivity index (χ0v) is 16.6. The number of aliphatic hydroxyl groups excluding tert-OH is 1. The smallest absolute Gasteiger partial charge is 0.290 e. The molecule has 0 spiro atoms. The van der Waals surface area contributed by atoms with E-state index in [-0.39, 0.29) is 11.4 Å². The maximum absolute atomic E-state index is 13.2. The number of Topliss-reactive ketones (excluding diaryl/α,β-unsaturated/α-hetero) is 1. The maximum Gasteiger partial charge on any atom is 0.290 e. The Kier molecular flexibility index (Phi) is 5.38. The van der Waals surface area contributed by atoms with E-state index in [9.17, 15) is 14.7 Å². The molecule has 1 N–H and O–H groups in total. The molecule has 1 aliphatic heterocycles. The second-order valence-corrected chi connectivity index (χ2v) is 7.93. The molecule has 0 unspecified atom stereocenters. The molecule has 0 fully saturated rings. The van der Waals surface area contributed by atoms with Gasteiger partial charge in [0.1, 0.15) is 0 Å². The lowest BCUT2D eigenvalue weighted by atomic mass is 9.96. The standard InChI is InChI=1S/C19H22N4O3S/c1-11-18(27-12(2)21-11)16(24)14-15(13-6-5-7-20-10-13)23(9-8-22(3)4)19(26)17(14)25/h5-7,10,15,25H,8-9H2,1-4H3/t15-/m0/s1. The lowest BCUT2D eigenvalue weighted by Crippen LogP contribution is -2.36. The number of hydrogen-bond acceptors (Lipinski definition) is 7. The summed E-state index contributed by atoms with van der Waals surface area (Å²) >= 11 is 1.27. The first kappa shape index (κ1) is 19.2. The summed E-state index contributed by atoms with van der Waals surface area (Å²) in [5.41, 5.74) is 1.39. The number of ketones is 1. The van der Waals surface area contributed by atoms with E-state index < -0.39 is 17.7 Å². The van der Waals surface area contributed by atoms with Gasteiger partial charge in [-0.1, -0.05) is 6.07 Å². The van der Waals surface area contributed by atoms with Crippen molar-refractivity contribution in [1.29, 1.82) is 0 Å². The van der Waals surface area contributed by atoms with Crippen molar-refractivity contribution in [3.05, 3.63) is 57.0 Å². The first-order valence-corrected chi connectivity index (χ1v) is 9.40. The number of nitrogens with zero attached hydrogens (tertiary/aromatic N) is 4. The van der Waals surface area contributed by atoms with Gasteiger partial charge in [0.05, 0.1) is 27.2 Å². The fraction of sp³-hybridized carbons (Fsp3) is 0.368. The van der Waals surface area contributed by atoms with Gasteiger partial charge in [0.25, 0.3) is 5.91 Å². The second-order valence-electron chi connectivity index (χ2n) is 6.73. The van der Waals surface area contributed by atoms with Crippen LogP contribution in [0.3, 0.4) is 0 Å². The minimum atomic E-state index is -0.666. The molecule has 2 aromatic rings. The van der Waals surface area contributed by atoms with Gasteiger partial charge in [-0.25, -0.2) is 4.98 Å². The number of pyridine rings is 1. The van der Waals surface area contributed by atoms with Crippen LogP contribution in [0.15, 0.2) is 35.9 Å². The topological polar surface area (TPSA) is 86.6 Å². The van der Waals surface area contributed by atoms with E-state index in [1.807, 2.05) is 32.0 Å². The zero-order valence-electron chi connectivity index (χ0n) is 15.8. The predicted molar refractivity (Wildman–Crippen MR) is 103 cm³/mol. The van der Waals surface area contributed by atoms with Crippen molar-refractivity contribution in [2.75, 3.05) is 27.2 Å². The summed E-state index contributed by atoms with van der Waals surface area (Å²) in [6.45, 7) is 4.57. The highest BCUT2D eigenvalue weighted by Crippen LogP contribution is 2.39. The van der Waals surface area contributed by atoms with Crippen molar-refractivity contribution in [3.63, 3.8) is 0 Å². The van der Waals surface area contributed by atoms with Gasteiger partial charge in [0.2, 0.25) is 5.78 Å². The number of likely N-dealkylation sites (N-methyl/N-ethyl adjacent to an activating group) is 1. The summed E-state index contributed by atoms with van der Waals surface area (Å²) in [7, 11) is 3.81. The number of aliphatic hydroxyl groups is 1. The van der Waals surface area contributed by atoms with E-state index in [0.717, 1.165) is 5.01 Å². The number of rotatable bonds is 6. The second kappa shape index (κ2) is 7.58. The monoisotopic (exact) mass is 386 g/mol. The summed E-state index contributed by atoms with van der Waals surface area (Å²) in [4.78, 5) is 38.3. The molecule has 142 valence electrons. The van der Waals surface area contributed by atoms with Crippen LogP contribution in [0.4, 0.5) is 0 Å². The molecule has 27 heavy (non-hydrogen) atoms. The highest BCUT2D eigenvalue weighted by atomic mass is 32.1. The minimum absolute atomic E-state index is 0.0958. The van der Waals surface area contributed by atoms with Crippen molar-refractivity contribution < 1.29 is 14.7 Å². The summed E-state index contributed by atoms with van der Waals surface area (Å²) in [5.74, 6) is -1.38. The van der Waals surface area contributed by atoms with Crippen molar-refractivity contribution >= 4 is 23.0 Å². The zero-order chi connectivity index (χ0) is 19.7. The average Bonchev–Trinajstić information content (AvgIpc) is 3.10. The molecular weight excluding hydrogens is 364 g/mol. The van der Waals surface area contributed by atoms with Crippen LogP contribution in [-0.2, 0) is 4.79 Å². The first-order chi connectivity index (χ1) is 12.8. The summed E-state index contributed by atoms with van der Waals surface area (Å²) in [6, 6.07) is 2.90. The number of thiazole rings is 1. The molecule has 1 aliphatic rings. The summed E-state index contributed by atoms with van der Waals surface area (Å²) < 4.78 is 0. The molecule has 7 nitrogen and oxygen atoms in total.